The number of esters is 1. The van der Waals surface area contributed by atoms with Gasteiger partial charge in [-0.05, 0) is 66.1 Å². The van der Waals surface area contributed by atoms with Crippen molar-refractivity contribution in [2.45, 2.75) is 38.8 Å². The molecule has 3 aromatic carbocycles. The van der Waals surface area contributed by atoms with E-state index in [2.05, 4.69) is 6.92 Å². The Labute approximate surface area is 233 Å². The van der Waals surface area contributed by atoms with Gasteiger partial charge >= 0.3 is 5.97 Å². The molecular weight excluding hydrogens is 510 g/mol. The van der Waals surface area contributed by atoms with Crippen LogP contribution in [0.15, 0.2) is 78.4 Å². The van der Waals surface area contributed by atoms with Crippen LogP contribution in [-0.2, 0) is 20.9 Å². The number of nitrogens with zero attached hydrogens (tertiary/aromatic N) is 1. The second-order valence-electron chi connectivity index (χ2n) is 9.47. The molecule has 8 heteroatoms. The Bertz CT molecular complexity index is 1380. The molecule has 1 amide bonds. The SMILES string of the molecule is CCCCCOc1ccc(/C(O)=C2\C(=O)C(=O)N(Cc3ccc(C(=O)OC)cc3)C2c2ccc(OC)cc2)cc1. The van der Waals surface area contributed by atoms with Crippen molar-refractivity contribution in [3.05, 3.63) is 101 Å². The minimum atomic E-state index is -0.837. The smallest absolute Gasteiger partial charge is 0.337 e. The van der Waals surface area contributed by atoms with Crippen LogP contribution in [0, 0.1) is 0 Å². The van der Waals surface area contributed by atoms with Crippen LogP contribution in [0.3, 0.4) is 0 Å². The van der Waals surface area contributed by atoms with Crippen molar-refractivity contribution in [2.24, 2.45) is 0 Å². The van der Waals surface area contributed by atoms with Crippen molar-refractivity contribution in [3.8, 4) is 11.5 Å². The predicted molar refractivity (Wildman–Crippen MR) is 150 cm³/mol. The molecule has 1 aliphatic rings. The number of hydrogen-bond donors (Lipinski definition) is 1. The first-order valence-corrected chi connectivity index (χ1v) is 13.2. The summed E-state index contributed by atoms with van der Waals surface area (Å²) in [6.07, 6.45) is 3.14. The van der Waals surface area contributed by atoms with Crippen LogP contribution in [0.4, 0.5) is 0 Å². The molecule has 1 atom stereocenters. The van der Waals surface area contributed by atoms with Crippen molar-refractivity contribution in [2.75, 3.05) is 20.8 Å². The number of carbonyl (C=O) groups is 3. The first-order valence-electron chi connectivity index (χ1n) is 13.2. The average molecular weight is 544 g/mol. The van der Waals surface area contributed by atoms with Gasteiger partial charge in [-0.25, -0.2) is 4.79 Å². The standard InChI is InChI=1S/C32H33NO7/c1-4-5-6-19-40-26-17-13-23(14-18-26)29(34)27-28(22-11-15-25(38-2)16-12-22)33(31(36)30(27)35)20-21-7-9-24(10-8-21)32(37)39-3/h7-18,28,34H,4-6,19-20H2,1-3H3/b29-27+. The first-order chi connectivity index (χ1) is 19.4. The van der Waals surface area contributed by atoms with Crippen LogP contribution in [0.25, 0.3) is 5.76 Å². The highest BCUT2D eigenvalue weighted by Gasteiger charge is 2.46. The van der Waals surface area contributed by atoms with Crippen molar-refractivity contribution < 1.29 is 33.7 Å². The normalized spacial score (nSPS) is 16.2. The number of Topliss-reactive ketones (excluding diaryl/α,β-unsaturated/α-hetero) is 1. The molecule has 1 unspecified atom stereocenters. The lowest BCUT2D eigenvalue weighted by Gasteiger charge is -2.25. The quantitative estimate of drug-likeness (QED) is 0.109. The van der Waals surface area contributed by atoms with Gasteiger partial charge in [-0.15, -0.1) is 0 Å². The molecule has 0 saturated carbocycles. The second-order valence-corrected chi connectivity index (χ2v) is 9.47. The molecule has 1 heterocycles. The maximum absolute atomic E-state index is 13.4. The van der Waals surface area contributed by atoms with Gasteiger partial charge in [0, 0.05) is 12.1 Å². The van der Waals surface area contributed by atoms with E-state index in [0.29, 0.717) is 40.4 Å². The maximum atomic E-state index is 13.4. The molecule has 0 bridgehead atoms. The van der Waals surface area contributed by atoms with E-state index in [-0.39, 0.29) is 17.9 Å². The van der Waals surface area contributed by atoms with Gasteiger partial charge in [0.15, 0.2) is 0 Å². The summed E-state index contributed by atoms with van der Waals surface area (Å²) in [6, 6.07) is 19.6. The Balaban J connectivity index is 1.69. The number of rotatable bonds is 11. The molecule has 1 saturated heterocycles. The Morgan fingerprint density at radius 2 is 1.48 bits per heavy atom. The second kappa shape index (κ2) is 13.0. The Morgan fingerprint density at radius 1 is 0.850 bits per heavy atom. The summed E-state index contributed by atoms with van der Waals surface area (Å²) < 4.78 is 15.8. The van der Waals surface area contributed by atoms with Gasteiger partial charge in [-0.2, -0.15) is 0 Å². The van der Waals surface area contributed by atoms with Crippen molar-refractivity contribution in [3.63, 3.8) is 0 Å². The zero-order valence-corrected chi connectivity index (χ0v) is 22.9. The van der Waals surface area contributed by atoms with Crippen LogP contribution in [0.5, 0.6) is 11.5 Å². The molecule has 1 aliphatic heterocycles. The molecule has 1 N–H and O–H groups in total. The zero-order chi connectivity index (χ0) is 28.6. The Hall–Kier alpha value is -4.59. The third kappa shape index (κ3) is 6.17. The van der Waals surface area contributed by atoms with E-state index >= 15 is 0 Å². The third-order valence-corrected chi connectivity index (χ3v) is 6.84. The van der Waals surface area contributed by atoms with Crippen LogP contribution in [-0.4, -0.2) is 48.5 Å². The van der Waals surface area contributed by atoms with E-state index in [9.17, 15) is 19.5 Å². The number of benzene rings is 3. The van der Waals surface area contributed by atoms with E-state index in [1.54, 1.807) is 79.9 Å². The average Bonchev–Trinajstić information content (AvgIpc) is 3.24. The highest BCUT2D eigenvalue weighted by molar-refractivity contribution is 6.46. The summed E-state index contributed by atoms with van der Waals surface area (Å²) in [6.45, 7) is 2.81. The van der Waals surface area contributed by atoms with E-state index in [4.69, 9.17) is 14.2 Å². The molecule has 0 aliphatic carbocycles. The molecule has 8 nitrogen and oxygen atoms in total. The van der Waals surface area contributed by atoms with E-state index < -0.39 is 23.7 Å². The number of methoxy groups -OCH3 is 2. The minimum absolute atomic E-state index is 0.00189. The third-order valence-electron chi connectivity index (χ3n) is 6.84. The number of carbonyl (C=O) groups excluding carboxylic acids is 3. The van der Waals surface area contributed by atoms with Gasteiger partial charge in [0.25, 0.3) is 11.7 Å². The number of unbranched alkanes of at least 4 members (excludes halogenated alkanes) is 2. The van der Waals surface area contributed by atoms with Gasteiger partial charge in [0.05, 0.1) is 38.0 Å². The fraction of sp³-hybridized carbons (Fsp3) is 0.281. The van der Waals surface area contributed by atoms with Gasteiger partial charge in [0.2, 0.25) is 0 Å². The Morgan fingerprint density at radius 3 is 2.08 bits per heavy atom. The number of ketones is 1. The Kier molecular flexibility index (Phi) is 9.22. The number of aliphatic hydroxyl groups is 1. The molecule has 0 radical (unpaired) electrons. The molecule has 3 aromatic rings. The summed E-state index contributed by atoms with van der Waals surface area (Å²) in [5.41, 5.74) is 2.12. The van der Waals surface area contributed by atoms with Crippen molar-refractivity contribution in [1.82, 2.24) is 4.90 Å². The molecule has 1 fully saturated rings. The molecule has 40 heavy (non-hydrogen) atoms. The first kappa shape index (κ1) is 28.4. The van der Waals surface area contributed by atoms with Crippen LogP contribution >= 0.6 is 0 Å². The van der Waals surface area contributed by atoms with E-state index in [1.165, 1.54) is 12.0 Å². The topological polar surface area (TPSA) is 102 Å². The highest BCUT2D eigenvalue weighted by Crippen LogP contribution is 2.41. The summed E-state index contributed by atoms with van der Waals surface area (Å²) in [4.78, 5) is 39.9. The number of hydrogen-bond acceptors (Lipinski definition) is 7. The monoisotopic (exact) mass is 543 g/mol. The van der Waals surface area contributed by atoms with Crippen LogP contribution < -0.4 is 9.47 Å². The predicted octanol–water partition coefficient (Wildman–Crippen LogP) is 5.67. The van der Waals surface area contributed by atoms with Crippen molar-refractivity contribution in [1.29, 1.82) is 0 Å². The molecule has 0 aromatic heterocycles. The summed E-state index contributed by atoms with van der Waals surface area (Å²) in [5.74, 6) is -0.952. The molecule has 0 spiro atoms. The fourth-order valence-electron chi connectivity index (χ4n) is 4.64. The maximum Gasteiger partial charge on any atom is 0.337 e. The van der Waals surface area contributed by atoms with Crippen LogP contribution in [0.2, 0.25) is 0 Å². The fourth-order valence-corrected chi connectivity index (χ4v) is 4.64. The lowest BCUT2D eigenvalue weighted by Crippen LogP contribution is -2.29. The number of amides is 1. The van der Waals surface area contributed by atoms with E-state index in [0.717, 1.165) is 19.3 Å². The summed E-state index contributed by atoms with van der Waals surface area (Å²) >= 11 is 0. The largest absolute Gasteiger partial charge is 0.507 e. The lowest BCUT2D eigenvalue weighted by molar-refractivity contribution is -0.140. The molecule has 4 rings (SSSR count). The minimum Gasteiger partial charge on any atom is -0.507 e. The summed E-state index contributed by atoms with van der Waals surface area (Å²) in [7, 11) is 2.86. The molecule has 208 valence electrons. The zero-order valence-electron chi connectivity index (χ0n) is 22.9. The van der Waals surface area contributed by atoms with Gasteiger partial charge in [0.1, 0.15) is 17.3 Å². The van der Waals surface area contributed by atoms with Gasteiger partial charge in [-0.1, -0.05) is 44.0 Å². The van der Waals surface area contributed by atoms with E-state index in [1.807, 2.05) is 0 Å². The number of ether oxygens (including phenoxy) is 3. The number of aliphatic hydroxyl groups excluding tert-OH is 1. The van der Waals surface area contributed by atoms with Gasteiger partial charge < -0.3 is 24.2 Å². The number of likely N-dealkylation sites (tertiary alicyclic amines) is 1. The highest BCUT2D eigenvalue weighted by atomic mass is 16.5. The van der Waals surface area contributed by atoms with Crippen LogP contribution in [0.1, 0.15) is 59.3 Å². The summed E-state index contributed by atoms with van der Waals surface area (Å²) in [5, 5.41) is 11.3. The lowest BCUT2D eigenvalue weighted by atomic mass is 9.95. The van der Waals surface area contributed by atoms with Gasteiger partial charge in [-0.3, -0.25) is 9.59 Å². The van der Waals surface area contributed by atoms with Crippen molar-refractivity contribution >= 4 is 23.4 Å². The molecular formula is C32H33NO7.